The number of carbonyl (C=O) groups excluding carboxylic acids is 1. The summed E-state index contributed by atoms with van der Waals surface area (Å²) in [5.41, 5.74) is 1.65. The van der Waals surface area contributed by atoms with Crippen LogP contribution < -0.4 is 0 Å². The third-order valence-electron chi connectivity index (χ3n) is 2.21. The van der Waals surface area contributed by atoms with Crippen LogP contribution in [-0.2, 0) is 4.74 Å². The molecule has 0 aliphatic rings. The average molecular weight is 228 g/mol. The Morgan fingerprint density at radius 1 is 1.18 bits per heavy atom. The maximum Gasteiger partial charge on any atom is 0.340 e. The van der Waals surface area contributed by atoms with Gasteiger partial charge in [0.2, 0.25) is 0 Å². The topological polar surface area (TPSA) is 52.1 Å². The normalized spacial score (nSPS) is 9.94. The molecule has 0 aliphatic heterocycles. The van der Waals surface area contributed by atoms with E-state index in [0.29, 0.717) is 23.6 Å². The number of esters is 1. The molecule has 0 aliphatic carbocycles. The molecule has 0 radical (unpaired) electrons. The van der Waals surface area contributed by atoms with E-state index in [1.165, 1.54) is 0 Å². The number of nitrogens with zero attached hydrogens (tertiary/aromatic N) is 2. The van der Waals surface area contributed by atoms with Gasteiger partial charge in [-0.3, -0.25) is 9.97 Å². The van der Waals surface area contributed by atoms with Crippen LogP contribution in [-0.4, -0.2) is 22.5 Å². The minimum absolute atomic E-state index is 0.343. The largest absolute Gasteiger partial charge is 0.462 e. The molecule has 0 saturated heterocycles. The smallest absolute Gasteiger partial charge is 0.340 e. The third kappa shape index (κ3) is 2.47. The van der Waals surface area contributed by atoms with Gasteiger partial charge in [-0.15, -0.1) is 0 Å². The van der Waals surface area contributed by atoms with E-state index in [0.717, 1.165) is 0 Å². The van der Waals surface area contributed by atoms with Gasteiger partial charge in [0, 0.05) is 12.4 Å². The standard InChI is InChI=1S/C13H12N2O2/c1-2-17-13(16)10-6-5-9-15-12(10)11-7-3-4-8-14-11/h3-9H,2H2,1H3. The van der Waals surface area contributed by atoms with Gasteiger partial charge >= 0.3 is 5.97 Å². The Labute approximate surface area is 99.3 Å². The zero-order valence-corrected chi connectivity index (χ0v) is 9.46. The van der Waals surface area contributed by atoms with Crippen molar-refractivity contribution in [1.29, 1.82) is 0 Å². The number of hydrogen-bond donors (Lipinski definition) is 0. The van der Waals surface area contributed by atoms with E-state index in [-0.39, 0.29) is 5.97 Å². The molecule has 0 unspecified atom stereocenters. The molecule has 0 N–H and O–H groups in total. The molecule has 2 aromatic heterocycles. The van der Waals surface area contributed by atoms with Crippen molar-refractivity contribution in [2.45, 2.75) is 6.92 Å². The van der Waals surface area contributed by atoms with Gasteiger partial charge in [-0.2, -0.15) is 0 Å². The lowest BCUT2D eigenvalue weighted by molar-refractivity contribution is 0.0527. The van der Waals surface area contributed by atoms with Crippen LogP contribution >= 0.6 is 0 Å². The summed E-state index contributed by atoms with van der Waals surface area (Å²) in [6.45, 7) is 2.12. The molecule has 2 heterocycles. The zero-order valence-electron chi connectivity index (χ0n) is 9.46. The molecule has 4 heteroatoms. The Morgan fingerprint density at radius 3 is 2.71 bits per heavy atom. The van der Waals surface area contributed by atoms with E-state index in [1.54, 1.807) is 31.5 Å². The summed E-state index contributed by atoms with van der Waals surface area (Å²) in [6, 6.07) is 8.88. The highest BCUT2D eigenvalue weighted by molar-refractivity contribution is 5.95. The fourth-order valence-corrected chi connectivity index (χ4v) is 1.49. The Balaban J connectivity index is 2.45. The molecular weight excluding hydrogens is 216 g/mol. The van der Waals surface area contributed by atoms with Gasteiger partial charge in [-0.1, -0.05) is 6.07 Å². The quantitative estimate of drug-likeness (QED) is 0.756. The van der Waals surface area contributed by atoms with Gasteiger partial charge < -0.3 is 4.74 Å². The van der Waals surface area contributed by atoms with Crippen molar-refractivity contribution in [3.05, 3.63) is 48.3 Å². The van der Waals surface area contributed by atoms with Gasteiger partial charge in [0.25, 0.3) is 0 Å². The SMILES string of the molecule is CCOC(=O)c1cccnc1-c1ccccn1. The van der Waals surface area contributed by atoms with Crippen LogP contribution in [0.3, 0.4) is 0 Å². The van der Waals surface area contributed by atoms with Crippen LogP contribution in [0.1, 0.15) is 17.3 Å². The summed E-state index contributed by atoms with van der Waals surface area (Å²) in [5.74, 6) is -0.374. The van der Waals surface area contributed by atoms with Crippen molar-refractivity contribution in [2.24, 2.45) is 0 Å². The lowest BCUT2D eigenvalue weighted by Crippen LogP contribution is -2.07. The first kappa shape index (κ1) is 11.3. The fourth-order valence-electron chi connectivity index (χ4n) is 1.49. The first-order valence-corrected chi connectivity index (χ1v) is 5.36. The molecule has 86 valence electrons. The summed E-state index contributed by atoms with van der Waals surface area (Å²) in [5, 5.41) is 0. The first-order valence-electron chi connectivity index (χ1n) is 5.36. The zero-order chi connectivity index (χ0) is 12.1. The monoisotopic (exact) mass is 228 g/mol. The van der Waals surface area contributed by atoms with Crippen LogP contribution in [0, 0.1) is 0 Å². The van der Waals surface area contributed by atoms with E-state index in [4.69, 9.17) is 4.74 Å². The summed E-state index contributed by atoms with van der Waals surface area (Å²) in [7, 11) is 0. The number of rotatable bonds is 3. The highest BCUT2D eigenvalue weighted by Gasteiger charge is 2.14. The lowest BCUT2D eigenvalue weighted by Gasteiger charge is -2.06. The second-order valence-corrected chi connectivity index (χ2v) is 3.34. The number of ether oxygens (including phenoxy) is 1. The van der Waals surface area contributed by atoms with Crippen molar-refractivity contribution in [1.82, 2.24) is 9.97 Å². The molecule has 4 nitrogen and oxygen atoms in total. The molecule has 2 rings (SSSR count). The van der Waals surface area contributed by atoms with Crippen molar-refractivity contribution >= 4 is 5.97 Å². The predicted molar refractivity (Wildman–Crippen MR) is 63.4 cm³/mol. The van der Waals surface area contributed by atoms with Crippen molar-refractivity contribution < 1.29 is 9.53 Å². The highest BCUT2D eigenvalue weighted by atomic mass is 16.5. The number of pyridine rings is 2. The highest BCUT2D eigenvalue weighted by Crippen LogP contribution is 2.19. The lowest BCUT2D eigenvalue weighted by atomic mass is 10.1. The summed E-state index contributed by atoms with van der Waals surface area (Å²) in [6.07, 6.45) is 3.30. The van der Waals surface area contributed by atoms with E-state index < -0.39 is 0 Å². The van der Waals surface area contributed by atoms with Crippen LogP contribution in [0.4, 0.5) is 0 Å². The van der Waals surface area contributed by atoms with Crippen LogP contribution in [0.25, 0.3) is 11.4 Å². The first-order chi connectivity index (χ1) is 8.33. The van der Waals surface area contributed by atoms with E-state index >= 15 is 0 Å². The molecular formula is C13H12N2O2. The molecule has 0 saturated carbocycles. The van der Waals surface area contributed by atoms with Gasteiger partial charge in [0.1, 0.15) is 5.69 Å². The Bertz CT molecular complexity index is 512. The maximum absolute atomic E-state index is 11.7. The number of aromatic nitrogens is 2. The molecule has 0 amide bonds. The van der Waals surface area contributed by atoms with Gasteiger partial charge in [0.15, 0.2) is 0 Å². The molecule has 17 heavy (non-hydrogen) atoms. The third-order valence-corrected chi connectivity index (χ3v) is 2.21. The molecule has 0 spiro atoms. The molecule has 0 atom stereocenters. The van der Waals surface area contributed by atoms with Crippen molar-refractivity contribution in [3.8, 4) is 11.4 Å². The second kappa shape index (κ2) is 5.21. The van der Waals surface area contributed by atoms with Gasteiger partial charge in [0.05, 0.1) is 17.9 Å². The summed E-state index contributed by atoms with van der Waals surface area (Å²) in [4.78, 5) is 20.1. The number of carbonyl (C=O) groups is 1. The van der Waals surface area contributed by atoms with Crippen molar-refractivity contribution in [3.63, 3.8) is 0 Å². The van der Waals surface area contributed by atoms with E-state index in [9.17, 15) is 4.79 Å². The van der Waals surface area contributed by atoms with Gasteiger partial charge in [-0.25, -0.2) is 4.79 Å². The Hall–Kier alpha value is -2.23. The summed E-state index contributed by atoms with van der Waals surface area (Å²) >= 11 is 0. The van der Waals surface area contributed by atoms with E-state index in [1.807, 2.05) is 18.2 Å². The van der Waals surface area contributed by atoms with Crippen LogP contribution in [0.15, 0.2) is 42.7 Å². The van der Waals surface area contributed by atoms with Crippen LogP contribution in [0.2, 0.25) is 0 Å². The minimum Gasteiger partial charge on any atom is -0.462 e. The fraction of sp³-hybridized carbons (Fsp3) is 0.154. The molecule has 0 aromatic carbocycles. The van der Waals surface area contributed by atoms with Crippen molar-refractivity contribution in [2.75, 3.05) is 6.61 Å². The average Bonchev–Trinajstić information content (AvgIpc) is 2.40. The molecule has 0 fully saturated rings. The van der Waals surface area contributed by atoms with Gasteiger partial charge in [-0.05, 0) is 31.2 Å². The Kier molecular flexibility index (Phi) is 3.45. The van der Waals surface area contributed by atoms with Crippen LogP contribution in [0.5, 0.6) is 0 Å². The second-order valence-electron chi connectivity index (χ2n) is 3.34. The summed E-state index contributed by atoms with van der Waals surface area (Å²) < 4.78 is 4.98. The molecule has 0 bridgehead atoms. The predicted octanol–water partition coefficient (Wildman–Crippen LogP) is 2.32. The van der Waals surface area contributed by atoms with E-state index in [2.05, 4.69) is 9.97 Å². The minimum atomic E-state index is -0.374. The molecule has 2 aromatic rings. The Morgan fingerprint density at radius 2 is 2.00 bits per heavy atom. The maximum atomic E-state index is 11.7. The number of hydrogen-bond acceptors (Lipinski definition) is 4.